The average molecular weight is 368 g/mol. The smallest absolute Gasteiger partial charge is 0.259 e. The number of ether oxygens (including phenoxy) is 2. The number of rotatable bonds is 10. The number of amides is 1. The van der Waals surface area contributed by atoms with Gasteiger partial charge in [-0.2, -0.15) is 0 Å². The number of nitrogens with one attached hydrogen (secondary N) is 1. The van der Waals surface area contributed by atoms with Crippen LogP contribution in [0.2, 0.25) is 0 Å². The minimum absolute atomic E-state index is 0.166. The molecule has 1 fully saturated rings. The molecule has 1 amide bonds. The first-order chi connectivity index (χ1) is 13.1. The maximum Gasteiger partial charge on any atom is 0.259 e. The van der Waals surface area contributed by atoms with E-state index in [1.807, 2.05) is 56.6 Å². The summed E-state index contributed by atoms with van der Waals surface area (Å²) in [6, 6.07) is 14.8. The Balaban J connectivity index is 1.53. The topological polar surface area (TPSA) is 50.8 Å². The van der Waals surface area contributed by atoms with Crippen molar-refractivity contribution >= 4 is 11.6 Å². The van der Waals surface area contributed by atoms with Gasteiger partial charge in [0.15, 0.2) is 0 Å². The van der Waals surface area contributed by atoms with E-state index >= 15 is 0 Å². The summed E-state index contributed by atoms with van der Waals surface area (Å²) >= 11 is 0. The zero-order valence-corrected chi connectivity index (χ0v) is 16.1. The van der Waals surface area contributed by atoms with Crippen LogP contribution < -0.4 is 14.8 Å². The Morgan fingerprint density at radius 3 is 2.52 bits per heavy atom. The fraction of sp³-hybridized carbons (Fsp3) is 0.409. The van der Waals surface area contributed by atoms with Crippen LogP contribution in [0.3, 0.4) is 0 Å². The Labute approximate surface area is 161 Å². The van der Waals surface area contributed by atoms with E-state index in [4.69, 9.17) is 9.47 Å². The van der Waals surface area contributed by atoms with Crippen LogP contribution in [0.15, 0.2) is 48.5 Å². The molecule has 2 aromatic carbocycles. The highest BCUT2D eigenvalue weighted by molar-refractivity contribution is 6.06. The molecule has 0 unspecified atom stereocenters. The third kappa shape index (κ3) is 6.29. The van der Waals surface area contributed by atoms with Gasteiger partial charge >= 0.3 is 0 Å². The van der Waals surface area contributed by atoms with Crippen LogP contribution >= 0.6 is 0 Å². The zero-order chi connectivity index (χ0) is 19.1. The molecule has 5 nitrogen and oxygen atoms in total. The lowest BCUT2D eigenvalue weighted by molar-refractivity contribution is 0.102. The van der Waals surface area contributed by atoms with E-state index in [-0.39, 0.29) is 5.91 Å². The minimum Gasteiger partial charge on any atom is -0.494 e. The van der Waals surface area contributed by atoms with Crippen molar-refractivity contribution in [3.8, 4) is 11.5 Å². The van der Waals surface area contributed by atoms with Crippen LogP contribution in [0.25, 0.3) is 0 Å². The Kier molecular flexibility index (Phi) is 6.71. The number of anilines is 1. The zero-order valence-electron chi connectivity index (χ0n) is 16.1. The number of carbonyl (C=O) groups is 1. The van der Waals surface area contributed by atoms with Crippen LogP contribution in [0, 0.1) is 5.92 Å². The standard InChI is InChI=1S/C22H28N2O3/c1-24(2)14-5-15-26-19-12-10-18(11-13-19)23-22(25)20-6-3-4-7-21(20)27-16-17-8-9-17/h3-4,6-7,10-13,17H,5,8-9,14-16H2,1-2H3,(H,23,25). The third-order valence-electron chi connectivity index (χ3n) is 4.43. The van der Waals surface area contributed by atoms with E-state index < -0.39 is 0 Å². The van der Waals surface area contributed by atoms with Gasteiger partial charge in [0.05, 0.1) is 18.8 Å². The summed E-state index contributed by atoms with van der Waals surface area (Å²) in [6.07, 6.45) is 3.42. The van der Waals surface area contributed by atoms with Crippen LogP contribution in [0.4, 0.5) is 5.69 Å². The molecule has 0 saturated heterocycles. The van der Waals surface area contributed by atoms with Crippen LogP contribution in [-0.4, -0.2) is 44.7 Å². The van der Waals surface area contributed by atoms with Crippen molar-refractivity contribution < 1.29 is 14.3 Å². The summed E-state index contributed by atoms with van der Waals surface area (Å²) in [5, 5.41) is 2.93. The molecular formula is C22H28N2O3. The summed E-state index contributed by atoms with van der Waals surface area (Å²) in [5.74, 6) is 1.93. The lowest BCUT2D eigenvalue weighted by atomic mass is 10.2. The van der Waals surface area contributed by atoms with Gasteiger partial charge in [-0.1, -0.05) is 12.1 Å². The van der Waals surface area contributed by atoms with Crippen molar-refractivity contribution in [2.45, 2.75) is 19.3 Å². The van der Waals surface area contributed by atoms with Gasteiger partial charge < -0.3 is 19.7 Å². The summed E-state index contributed by atoms with van der Waals surface area (Å²) in [5.41, 5.74) is 1.29. The van der Waals surface area contributed by atoms with Gasteiger partial charge in [0.2, 0.25) is 0 Å². The molecule has 3 rings (SSSR count). The molecule has 0 bridgehead atoms. The molecule has 5 heteroatoms. The van der Waals surface area contributed by atoms with Gasteiger partial charge in [-0.05, 0) is 75.7 Å². The van der Waals surface area contributed by atoms with Crippen LogP contribution in [0.5, 0.6) is 11.5 Å². The fourth-order valence-corrected chi connectivity index (χ4v) is 2.68. The second-order valence-corrected chi connectivity index (χ2v) is 7.23. The van der Waals surface area contributed by atoms with E-state index in [0.717, 1.165) is 24.4 Å². The molecule has 0 atom stereocenters. The Hall–Kier alpha value is -2.53. The molecule has 0 aliphatic heterocycles. The molecule has 1 aliphatic rings. The first-order valence-corrected chi connectivity index (χ1v) is 9.52. The van der Waals surface area contributed by atoms with Gasteiger partial charge in [0, 0.05) is 12.2 Å². The average Bonchev–Trinajstić information content (AvgIpc) is 3.49. The maximum atomic E-state index is 12.6. The van der Waals surface area contributed by atoms with E-state index in [1.165, 1.54) is 12.8 Å². The summed E-state index contributed by atoms with van der Waals surface area (Å²) in [6.45, 7) is 2.36. The molecule has 1 saturated carbocycles. The number of carbonyl (C=O) groups excluding carboxylic acids is 1. The molecule has 0 radical (unpaired) electrons. The predicted octanol–water partition coefficient (Wildman–Crippen LogP) is 4.06. The van der Waals surface area contributed by atoms with Crippen LogP contribution in [0.1, 0.15) is 29.6 Å². The number of para-hydroxylation sites is 1. The largest absolute Gasteiger partial charge is 0.494 e. The second kappa shape index (κ2) is 9.42. The molecule has 0 aromatic heterocycles. The summed E-state index contributed by atoms with van der Waals surface area (Å²) < 4.78 is 11.5. The van der Waals surface area contributed by atoms with Gasteiger partial charge in [-0.15, -0.1) is 0 Å². The lowest BCUT2D eigenvalue weighted by Gasteiger charge is -2.12. The van der Waals surface area contributed by atoms with Crippen molar-refractivity contribution in [2.75, 3.05) is 39.2 Å². The van der Waals surface area contributed by atoms with Crippen molar-refractivity contribution in [2.24, 2.45) is 5.92 Å². The summed E-state index contributed by atoms with van der Waals surface area (Å²) in [7, 11) is 4.10. The van der Waals surface area contributed by atoms with E-state index in [2.05, 4.69) is 10.2 Å². The highest BCUT2D eigenvalue weighted by Gasteiger charge is 2.23. The molecule has 0 spiro atoms. The van der Waals surface area contributed by atoms with Crippen molar-refractivity contribution in [3.63, 3.8) is 0 Å². The quantitative estimate of drug-likeness (QED) is 0.643. The third-order valence-corrected chi connectivity index (χ3v) is 4.43. The number of hydrogen-bond donors (Lipinski definition) is 1. The molecule has 1 aliphatic carbocycles. The van der Waals surface area contributed by atoms with Gasteiger partial charge in [-0.3, -0.25) is 4.79 Å². The SMILES string of the molecule is CN(C)CCCOc1ccc(NC(=O)c2ccccc2OCC2CC2)cc1. The highest BCUT2D eigenvalue weighted by atomic mass is 16.5. The number of hydrogen-bond acceptors (Lipinski definition) is 4. The van der Waals surface area contributed by atoms with Gasteiger partial charge in [0.25, 0.3) is 5.91 Å². The summed E-state index contributed by atoms with van der Waals surface area (Å²) in [4.78, 5) is 14.8. The first-order valence-electron chi connectivity index (χ1n) is 9.52. The molecule has 144 valence electrons. The second-order valence-electron chi connectivity index (χ2n) is 7.23. The maximum absolute atomic E-state index is 12.6. The van der Waals surface area contributed by atoms with E-state index in [0.29, 0.717) is 30.4 Å². The van der Waals surface area contributed by atoms with Gasteiger partial charge in [-0.25, -0.2) is 0 Å². The normalized spacial score (nSPS) is 13.4. The number of benzene rings is 2. The molecule has 2 aromatic rings. The van der Waals surface area contributed by atoms with Crippen molar-refractivity contribution in [1.82, 2.24) is 4.90 Å². The predicted molar refractivity (Wildman–Crippen MR) is 108 cm³/mol. The fourth-order valence-electron chi connectivity index (χ4n) is 2.68. The van der Waals surface area contributed by atoms with E-state index in [1.54, 1.807) is 6.07 Å². The molecule has 27 heavy (non-hydrogen) atoms. The molecule has 1 N–H and O–H groups in total. The molecule has 0 heterocycles. The number of nitrogens with zero attached hydrogens (tertiary/aromatic N) is 1. The highest BCUT2D eigenvalue weighted by Crippen LogP contribution is 2.30. The minimum atomic E-state index is -0.166. The monoisotopic (exact) mass is 368 g/mol. The Morgan fingerprint density at radius 2 is 1.81 bits per heavy atom. The van der Waals surface area contributed by atoms with Crippen molar-refractivity contribution in [1.29, 1.82) is 0 Å². The van der Waals surface area contributed by atoms with Crippen LogP contribution in [-0.2, 0) is 0 Å². The van der Waals surface area contributed by atoms with E-state index in [9.17, 15) is 4.79 Å². The van der Waals surface area contributed by atoms with Crippen molar-refractivity contribution in [3.05, 3.63) is 54.1 Å². The Bertz CT molecular complexity index is 739. The van der Waals surface area contributed by atoms with Gasteiger partial charge in [0.1, 0.15) is 11.5 Å². The first kappa shape index (κ1) is 19.2. The Morgan fingerprint density at radius 1 is 1.07 bits per heavy atom. The lowest BCUT2D eigenvalue weighted by Crippen LogP contribution is -2.15. The molecular weight excluding hydrogens is 340 g/mol.